The lowest BCUT2D eigenvalue weighted by atomic mass is 10.3. The van der Waals surface area contributed by atoms with E-state index >= 15 is 0 Å². The van der Waals surface area contributed by atoms with Gasteiger partial charge in [-0.2, -0.15) is 0 Å². The predicted molar refractivity (Wildman–Crippen MR) is 139 cm³/mol. The topological polar surface area (TPSA) is 109 Å². The number of H-pyrrole nitrogens is 1. The van der Waals surface area contributed by atoms with Crippen molar-refractivity contribution in [2.75, 3.05) is 0 Å². The first-order chi connectivity index (χ1) is 16.5. The Balaban J connectivity index is 0.000000145. The van der Waals surface area contributed by atoms with Crippen molar-refractivity contribution in [3.8, 4) is 0 Å². The van der Waals surface area contributed by atoms with E-state index in [0.29, 0.717) is 20.6 Å². The third-order valence-electron chi connectivity index (χ3n) is 4.58. The summed E-state index contributed by atoms with van der Waals surface area (Å²) in [6.45, 7) is 0. The number of aromatic nitrogens is 6. The van der Waals surface area contributed by atoms with Crippen molar-refractivity contribution < 1.29 is 10.5 Å². The predicted octanol–water partition coefficient (Wildman–Crippen LogP) is 6.75. The Hall–Kier alpha value is -3.20. The second-order valence-corrected chi connectivity index (χ2v) is 8.29. The van der Waals surface area contributed by atoms with Crippen LogP contribution < -0.4 is 4.98 Å². The molecule has 7 nitrogen and oxygen atoms in total. The molecule has 0 unspecified atom stereocenters. The molecule has 35 heavy (non-hydrogen) atoms. The lowest BCUT2D eigenvalue weighted by molar-refractivity contribution is -0.375. The van der Waals surface area contributed by atoms with Gasteiger partial charge in [0.2, 0.25) is 0 Å². The zero-order valence-corrected chi connectivity index (χ0v) is 20.8. The van der Waals surface area contributed by atoms with Crippen LogP contribution in [0.2, 0.25) is 20.2 Å². The second-order valence-electron chi connectivity index (χ2n) is 6.71. The second kappa shape index (κ2) is 12.5. The fourth-order valence-corrected chi connectivity index (χ4v) is 3.93. The average Bonchev–Trinajstić information content (AvgIpc) is 2.86. The van der Waals surface area contributed by atoms with E-state index in [4.69, 9.17) is 46.4 Å². The fraction of sp³-hybridized carbons (Fsp3) is 0. The Morgan fingerprint density at radius 2 is 1.14 bits per heavy atom. The number of hydrogen-bond donors (Lipinski definition) is 0. The van der Waals surface area contributed by atoms with Crippen LogP contribution in [0.15, 0.2) is 86.0 Å². The molecule has 0 radical (unpaired) electrons. The molecule has 6 aromatic heterocycles. The summed E-state index contributed by atoms with van der Waals surface area (Å²) in [4.78, 5) is 23.2. The number of rotatable bonds is 0. The summed E-state index contributed by atoms with van der Waals surface area (Å²) in [7, 11) is 0. The number of nitrogens with one attached hydrogen (secondary N) is 1. The van der Waals surface area contributed by atoms with Crippen molar-refractivity contribution in [3.63, 3.8) is 0 Å². The Labute approximate surface area is 220 Å². The van der Waals surface area contributed by atoms with Gasteiger partial charge >= 0.3 is 0 Å². The van der Waals surface area contributed by atoms with Crippen LogP contribution in [-0.4, -0.2) is 30.4 Å². The first-order valence-corrected chi connectivity index (χ1v) is 11.3. The van der Waals surface area contributed by atoms with E-state index in [1.54, 1.807) is 61.4 Å². The highest BCUT2D eigenvalue weighted by molar-refractivity contribution is 6.41. The highest BCUT2D eigenvalue weighted by Crippen LogP contribution is 2.26. The molecule has 0 fully saturated rings. The Morgan fingerprint density at radius 3 is 1.80 bits per heavy atom. The largest absolute Gasteiger partial charge is 0.870 e. The number of halogens is 4. The van der Waals surface area contributed by atoms with Crippen molar-refractivity contribution in [1.29, 1.82) is 0 Å². The van der Waals surface area contributed by atoms with Crippen LogP contribution >= 0.6 is 46.4 Å². The summed E-state index contributed by atoms with van der Waals surface area (Å²) in [6.07, 6.45) is 13.7. The molecular formula is C24H16Cl4N6O. The molecule has 2 N–H and O–H groups in total. The maximum Gasteiger partial charge on any atom is 0.177 e. The number of hydrogen-bond acceptors (Lipinski definition) is 6. The smallest absolute Gasteiger partial charge is 0.177 e. The number of fused-ring (bicyclic) bond motifs is 3. The van der Waals surface area contributed by atoms with Crippen molar-refractivity contribution in [1.82, 2.24) is 24.9 Å². The summed E-state index contributed by atoms with van der Waals surface area (Å²) >= 11 is 23.5. The molecule has 0 aliphatic rings. The minimum atomic E-state index is 0. The number of nitrogens with zero attached hydrogens (tertiary/aromatic N) is 5. The summed E-state index contributed by atoms with van der Waals surface area (Å²) in [5.41, 5.74) is 2.56. The van der Waals surface area contributed by atoms with E-state index in [1.807, 2.05) is 24.5 Å². The van der Waals surface area contributed by atoms with Crippen LogP contribution in [0.3, 0.4) is 0 Å². The first kappa shape index (κ1) is 26.4. The summed E-state index contributed by atoms with van der Waals surface area (Å²) in [5.74, 6) is 0. The molecule has 0 bridgehead atoms. The van der Waals surface area contributed by atoms with Gasteiger partial charge in [0, 0.05) is 48.6 Å². The van der Waals surface area contributed by atoms with Crippen molar-refractivity contribution >= 4 is 79.1 Å². The minimum Gasteiger partial charge on any atom is -0.870 e. The molecule has 0 spiro atoms. The molecule has 0 aromatic carbocycles. The van der Waals surface area contributed by atoms with E-state index in [9.17, 15) is 0 Å². The molecule has 0 aliphatic carbocycles. The molecule has 0 saturated carbocycles. The van der Waals surface area contributed by atoms with Gasteiger partial charge in [0.15, 0.2) is 12.4 Å². The lowest BCUT2D eigenvalue weighted by Gasteiger charge is -1.99. The molecular weight excluding hydrogens is 530 g/mol. The number of aromatic amines is 1. The van der Waals surface area contributed by atoms with Crippen molar-refractivity contribution in [2.45, 2.75) is 0 Å². The van der Waals surface area contributed by atoms with Gasteiger partial charge in [-0.15, -0.1) is 0 Å². The lowest BCUT2D eigenvalue weighted by Crippen LogP contribution is -1.98. The highest BCUT2D eigenvalue weighted by Gasteiger charge is 2.04. The Kier molecular flexibility index (Phi) is 9.42. The molecule has 0 amide bonds. The van der Waals surface area contributed by atoms with Crippen LogP contribution in [0, 0.1) is 0 Å². The molecule has 0 aliphatic heterocycles. The maximum atomic E-state index is 5.90. The maximum absolute atomic E-state index is 5.90. The van der Waals surface area contributed by atoms with E-state index in [1.165, 1.54) is 0 Å². The zero-order chi connectivity index (χ0) is 23.9. The number of pyridine rings is 6. The van der Waals surface area contributed by atoms with Crippen molar-refractivity contribution in [2.24, 2.45) is 0 Å². The normalized spacial score (nSPS) is 10.1. The van der Waals surface area contributed by atoms with Gasteiger partial charge in [0.05, 0.1) is 42.4 Å². The third-order valence-corrected chi connectivity index (χ3v) is 5.84. The molecule has 176 valence electrons. The summed E-state index contributed by atoms with van der Waals surface area (Å²) in [5, 5.41) is 4.97. The molecule has 0 saturated heterocycles. The van der Waals surface area contributed by atoms with Crippen LogP contribution in [0.5, 0.6) is 0 Å². The SMILES string of the molecule is Clc1ccnc2cc[nH+]cc12.Clc1ccnc2ccnc(Cl)c12.Clc1ccnc2ccncc12.[OH-]. The van der Waals surface area contributed by atoms with Gasteiger partial charge in [-0.25, -0.2) is 9.97 Å². The van der Waals surface area contributed by atoms with Crippen LogP contribution in [0.4, 0.5) is 0 Å². The Morgan fingerprint density at radius 1 is 0.571 bits per heavy atom. The monoisotopic (exact) mass is 544 g/mol. The standard InChI is InChI=1S/C8H4Cl2N2.2C8H5ClN2.H2O/c9-5-1-3-11-6-2-4-12-8(10)7(5)6;2*9-7-1-4-11-8-2-3-10-5-6(7)8;/h1-4H;2*1-5H;1H2. The van der Waals surface area contributed by atoms with E-state index < -0.39 is 0 Å². The summed E-state index contributed by atoms with van der Waals surface area (Å²) < 4.78 is 0. The fourth-order valence-electron chi connectivity index (χ4n) is 2.98. The van der Waals surface area contributed by atoms with Gasteiger partial charge in [-0.1, -0.05) is 46.4 Å². The third kappa shape index (κ3) is 6.48. The zero-order valence-electron chi connectivity index (χ0n) is 17.8. The molecule has 0 atom stereocenters. The molecule has 11 heteroatoms. The van der Waals surface area contributed by atoms with Gasteiger partial charge in [0.25, 0.3) is 0 Å². The van der Waals surface area contributed by atoms with Crippen LogP contribution in [0.25, 0.3) is 32.7 Å². The van der Waals surface area contributed by atoms with E-state index in [-0.39, 0.29) is 5.48 Å². The summed E-state index contributed by atoms with van der Waals surface area (Å²) in [6, 6.07) is 10.7. The minimum absolute atomic E-state index is 0. The first-order valence-electron chi connectivity index (χ1n) is 9.84. The van der Waals surface area contributed by atoms with E-state index in [2.05, 4.69) is 29.9 Å². The Bertz CT molecular complexity index is 1460. The van der Waals surface area contributed by atoms with Crippen LogP contribution in [-0.2, 0) is 0 Å². The van der Waals surface area contributed by atoms with Gasteiger partial charge in [-0.3, -0.25) is 19.9 Å². The molecule has 6 aromatic rings. The van der Waals surface area contributed by atoms with Crippen molar-refractivity contribution in [3.05, 3.63) is 106 Å². The highest BCUT2D eigenvalue weighted by atomic mass is 35.5. The van der Waals surface area contributed by atoms with Gasteiger partial charge in [-0.05, 0) is 30.3 Å². The quantitative estimate of drug-likeness (QED) is 0.195. The van der Waals surface area contributed by atoms with Gasteiger partial charge in [0.1, 0.15) is 5.15 Å². The average molecular weight is 546 g/mol. The van der Waals surface area contributed by atoms with Gasteiger partial charge < -0.3 is 5.48 Å². The van der Waals surface area contributed by atoms with Crippen LogP contribution in [0.1, 0.15) is 0 Å². The van der Waals surface area contributed by atoms with E-state index in [0.717, 1.165) is 32.3 Å². The molecule has 6 rings (SSSR count). The molecule has 6 heterocycles.